The number of aromatic nitrogens is 2. The molecule has 2 aromatic rings. The maximum absolute atomic E-state index is 9.97. The van der Waals surface area contributed by atoms with Gasteiger partial charge in [-0.05, 0) is 12.1 Å². The molecule has 0 fully saturated rings. The summed E-state index contributed by atoms with van der Waals surface area (Å²) in [5.74, 6) is -1.06. The van der Waals surface area contributed by atoms with E-state index in [1.807, 2.05) is 0 Å². The Morgan fingerprint density at radius 1 is 1.62 bits per heavy atom. The van der Waals surface area contributed by atoms with Gasteiger partial charge in [-0.1, -0.05) is 0 Å². The van der Waals surface area contributed by atoms with Crippen LogP contribution in [0.2, 0.25) is 0 Å². The standard InChI is InChI=1S/C5H4O3.C3H4N2/c6-5(7)4-2-1-3-8-4;1-2-5-3-4-1/h1-3H,(H,6,7);1-3H,(H,4,5). The molecule has 0 unspecified atom stereocenters. The maximum atomic E-state index is 9.97. The van der Waals surface area contributed by atoms with Crippen LogP contribution in [-0.2, 0) is 0 Å². The normalized spacial score (nSPS) is 8.62. The molecule has 2 N–H and O–H groups in total. The van der Waals surface area contributed by atoms with Crippen LogP contribution in [0.1, 0.15) is 10.6 Å². The summed E-state index contributed by atoms with van der Waals surface area (Å²) < 4.78 is 4.50. The van der Waals surface area contributed by atoms with Gasteiger partial charge in [-0.2, -0.15) is 0 Å². The lowest BCUT2D eigenvalue weighted by atomic mass is 10.5. The van der Waals surface area contributed by atoms with Crippen LogP contribution in [-0.4, -0.2) is 21.0 Å². The monoisotopic (exact) mass is 180 g/mol. The van der Waals surface area contributed by atoms with Gasteiger partial charge in [0.25, 0.3) is 0 Å². The third-order valence-electron chi connectivity index (χ3n) is 1.14. The number of hydrogen-bond donors (Lipinski definition) is 2. The summed E-state index contributed by atoms with van der Waals surface area (Å²) in [6, 6.07) is 2.92. The smallest absolute Gasteiger partial charge is 0.371 e. The lowest BCUT2D eigenvalue weighted by Crippen LogP contribution is -1.90. The van der Waals surface area contributed by atoms with Gasteiger partial charge < -0.3 is 14.5 Å². The SMILES string of the molecule is O=C(O)c1ccco1.c1c[nH]cn1. The van der Waals surface area contributed by atoms with Crippen molar-refractivity contribution in [2.45, 2.75) is 0 Å². The summed E-state index contributed by atoms with van der Waals surface area (Å²) in [5, 5.41) is 8.18. The molecule has 0 aliphatic carbocycles. The highest BCUT2D eigenvalue weighted by atomic mass is 16.4. The Balaban J connectivity index is 0.000000145. The highest BCUT2D eigenvalue weighted by Gasteiger charge is 2.01. The summed E-state index contributed by atoms with van der Waals surface area (Å²) in [6.07, 6.45) is 6.41. The van der Waals surface area contributed by atoms with Crippen molar-refractivity contribution in [1.29, 1.82) is 0 Å². The number of furan rings is 1. The van der Waals surface area contributed by atoms with E-state index in [0.717, 1.165) is 0 Å². The molecule has 5 nitrogen and oxygen atoms in total. The highest BCUT2D eigenvalue weighted by molar-refractivity contribution is 5.84. The fraction of sp³-hybridized carbons (Fsp3) is 0. The number of nitrogens with zero attached hydrogens (tertiary/aromatic N) is 1. The van der Waals surface area contributed by atoms with Crippen molar-refractivity contribution in [3.05, 3.63) is 42.9 Å². The third kappa shape index (κ3) is 3.24. The first-order valence-electron chi connectivity index (χ1n) is 3.50. The summed E-state index contributed by atoms with van der Waals surface area (Å²) in [4.78, 5) is 16.4. The van der Waals surface area contributed by atoms with Crippen LogP contribution < -0.4 is 0 Å². The second kappa shape index (κ2) is 4.76. The molecule has 0 bridgehead atoms. The van der Waals surface area contributed by atoms with Crippen molar-refractivity contribution in [2.24, 2.45) is 0 Å². The average molecular weight is 180 g/mol. The lowest BCUT2D eigenvalue weighted by Gasteiger charge is -1.79. The molecular weight excluding hydrogens is 172 g/mol. The average Bonchev–Trinajstić information content (AvgIpc) is 2.82. The van der Waals surface area contributed by atoms with E-state index in [-0.39, 0.29) is 5.76 Å². The molecule has 0 atom stereocenters. The van der Waals surface area contributed by atoms with Crippen LogP contribution in [0.4, 0.5) is 0 Å². The van der Waals surface area contributed by atoms with Crippen molar-refractivity contribution in [3.8, 4) is 0 Å². The van der Waals surface area contributed by atoms with E-state index in [2.05, 4.69) is 14.4 Å². The van der Waals surface area contributed by atoms with Gasteiger partial charge >= 0.3 is 5.97 Å². The molecule has 0 radical (unpaired) electrons. The van der Waals surface area contributed by atoms with Gasteiger partial charge in [-0.3, -0.25) is 0 Å². The van der Waals surface area contributed by atoms with E-state index in [1.165, 1.54) is 18.4 Å². The number of aromatic amines is 1. The number of carbonyl (C=O) groups is 1. The van der Waals surface area contributed by atoms with Crippen molar-refractivity contribution < 1.29 is 14.3 Å². The lowest BCUT2D eigenvalue weighted by molar-refractivity contribution is 0.0662. The Labute approximate surface area is 74.0 Å². The van der Waals surface area contributed by atoms with Crippen LogP contribution >= 0.6 is 0 Å². The van der Waals surface area contributed by atoms with E-state index < -0.39 is 5.97 Å². The molecule has 0 saturated heterocycles. The zero-order chi connectivity index (χ0) is 9.52. The third-order valence-corrected chi connectivity index (χ3v) is 1.14. The van der Waals surface area contributed by atoms with E-state index in [9.17, 15) is 4.79 Å². The molecule has 2 aromatic heterocycles. The quantitative estimate of drug-likeness (QED) is 0.694. The molecular formula is C8H8N2O3. The molecule has 0 saturated carbocycles. The van der Waals surface area contributed by atoms with Crippen LogP contribution in [0.25, 0.3) is 0 Å². The van der Waals surface area contributed by atoms with E-state index in [1.54, 1.807) is 18.7 Å². The van der Waals surface area contributed by atoms with Crippen LogP contribution in [0.15, 0.2) is 41.5 Å². The van der Waals surface area contributed by atoms with Crippen molar-refractivity contribution >= 4 is 5.97 Å². The van der Waals surface area contributed by atoms with Gasteiger partial charge in [-0.15, -0.1) is 0 Å². The topological polar surface area (TPSA) is 79.1 Å². The van der Waals surface area contributed by atoms with Crippen molar-refractivity contribution in [1.82, 2.24) is 9.97 Å². The van der Waals surface area contributed by atoms with E-state index in [0.29, 0.717) is 0 Å². The van der Waals surface area contributed by atoms with Crippen LogP contribution in [0, 0.1) is 0 Å². The van der Waals surface area contributed by atoms with Gasteiger partial charge in [0.05, 0.1) is 12.6 Å². The first kappa shape index (κ1) is 9.05. The molecule has 13 heavy (non-hydrogen) atoms. The predicted molar refractivity (Wildman–Crippen MR) is 44.3 cm³/mol. The fourth-order valence-corrected chi connectivity index (χ4v) is 0.615. The summed E-state index contributed by atoms with van der Waals surface area (Å²) in [7, 11) is 0. The summed E-state index contributed by atoms with van der Waals surface area (Å²) >= 11 is 0. The Bertz CT molecular complexity index is 309. The number of hydrogen-bond acceptors (Lipinski definition) is 3. The number of aromatic carboxylic acids is 1. The minimum absolute atomic E-state index is 0.0231. The van der Waals surface area contributed by atoms with Crippen LogP contribution in [0.3, 0.4) is 0 Å². The fourth-order valence-electron chi connectivity index (χ4n) is 0.615. The number of rotatable bonds is 1. The zero-order valence-corrected chi connectivity index (χ0v) is 6.68. The number of imidazole rings is 1. The Morgan fingerprint density at radius 3 is 2.69 bits per heavy atom. The van der Waals surface area contributed by atoms with Gasteiger partial charge in [0.2, 0.25) is 5.76 Å². The van der Waals surface area contributed by atoms with Crippen molar-refractivity contribution in [2.75, 3.05) is 0 Å². The van der Waals surface area contributed by atoms with Gasteiger partial charge in [0.1, 0.15) is 0 Å². The molecule has 0 amide bonds. The number of nitrogens with one attached hydrogen (secondary N) is 1. The first-order valence-corrected chi connectivity index (χ1v) is 3.50. The Hall–Kier alpha value is -2.04. The molecule has 0 aliphatic rings. The molecule has 2 heterocycles. The second-order valence-electron chi connectivity index (χ2n) is 2.04. The van der Waals surface area contributed by atoms with Gasteiger partial charge in [0.15, 0.2) is 0 Å². The molecule has 2 rings (SSSR count). The minimum Gasteiger partial charge on any atom is -0.475 e. The minimum atomic E-state index is -1.03. The predicted octanol–water partition coefficient (Wildman–Crippen LogP) is 1.39. The van der Waals surface area contributed by atoms with E-state index in [4.69, 9.17) is 5.11 Å². The van der Waals surface area contributed by atoms with Gasteiger partial charge in [0, 0.05) is 12.4 Å². The highest BCUT2D eigenvalue weighted by Crippen LogP contribution is 1.97. The second-order valence-corrected chi connectivity index (χ2v) is 2.04. The van der Waals surface area contributed by atoms with Gasteiger partial charge in [-0.25, -0.2) is 9.78 Å². The largest absolute Gasteiger partial charge is 0.475 e. The van der Waals surface area contributed by atoms with E-state index >= 15 is 0 Å². The number of carboxylic acids is 1. The van der Waals surface area contributed by atoms with Crippen LogP contribution in [0.5, 0.6) is 0 Å². The number of carboxylic acid groups (broad SMARTS) is 1. The summed E-state index contributed by atoms with van der Waals surface area (Å²) in [6.45, 7) is 0. The zero-order valence-electron chi connectivity index (χ0n) is 6.68. The first-order chi connectivity index (χ1) is 6.30. The van der Waals surface area contributed by atoms with Crippen molar-refractivity contribution in [3.63, 3.8) is 0 Å². The Morgan fingerprint density at radius 2 is 2.46 bits per heavy atom. The molecule has 0 aliphatic heterocycles. The molecule has 0 spiro atoms. The number of H-pyrrole nitrogens is 1. The molecule has 68 valence electrons. The summed E-state index contributed by atoms with van der Waals surface area (Å²) in [5.41, 5.74) is 0. The maximum Gasteiger partial charge on any atom is 0.371 e. The molecule has 0 aromatic carbocycles. The molecule has 5 heteroatoms. The Kier molecular flexibility index (Phi) is 3.31.